The number of hydrogen-bond donors (Lipinski definition) is 0. The molecule has 0 saturated carbocycles. The Morgan fingerprint density at radius 2 is 2.18 bits per heavy atom. The van der Waals surface area contributed by atoms with Crippen LogP contribution in [0.1, 0.15) is 27.2 Å². The SMILES string of the molecule is CC(C)(C)OC(=O)N1CC[C@H](COc2ccc(Cl)cc2F)C1. The molecule has 0 spiro atoms. The molecule has 1 saturated heterocycles. The van der Waals surface area contributed by atoms with Gasteiger partial charge < -0.3 is 14.4 Å². The summed E-state index contributed by atoms with van der Waals surface area (Å²) in [5.74, 6) is -0.128. The molecular weight excluding hydrogens is 309 g/mol. The molecule has 1 aromatic rings. The lowest BCUT2D eigenvalue weighted by Gasteiger charge is -2.24. The van der Waals surface area contributed by atoms with Gasteiger partial charge in [0.15, 0.2) is 11.6 Å². The lowest BCUT2D eigenvalue weighted by Crippen LogP contribution is -2.35. The van der Waals surface area contributed by atoms with Crippen LogP contribution in [0.2, 0.25) is 5.02 Å². The summed E-state index contributed by atoms with van der Waals surface area (Å²) < 4.78 is 24.4. The van der Waals surface area contributed by atoms with Crippen LogP contribution >= 0.6 is 11.6 Å². The number of amides is 1. The zero-order valence-corrected chi connectivity index (χ0v) is 13.8. The van der Waals surface area contributed by atoms with Crippen molar-refractivity contribution in [1.29, 1.82) is 0 Å². The molecule has 0 aromatic heterocycles. The minimum absolute atomic E-state index is 0.169. The van der Waals surface area contributed by atoms with E-state index in [1.165, 1.54) is 12.1 Å². The van der Waals surface area contributed by atoms with E-state index in [0.717, 1.165) is 6.42 Å². The fourth-order valence-electron chi connectivity index (χ4n) is 2.26. The van der Waals surface area contributed by atoms with Crippen molar-refractivity contribution in [2.45, 2.75) is 32.8 Å². The second-order valence-corrected chi connectivity index (χ2v) is 6.90. The van der Waals surface area contributed by atoms with E-state index in [-0.39, 0.29) is 17.8 Å². The van der Waals surface area contributed by atoms with Crippen LogP contribution in [0.4, 0.5) is 9.18 Å². The Labute approximate surface area is 135 Å². The van der Waals surface area contributed by atoms with E-state index < -0.39 is 11.4 Å². The van der Waals surface area contributed by atoms with E-state index in [1.807, 2.05) is 20.8 Å². The Hall–Kier alpha value is -1.49. The van der Waals surface area contributed by atoms with E-state index in [4.69, 9.17) is 21.1 Å². The largest absolute Gasteiger partial charge is 0.490 e. The van der Waals surface area contributed by atoms with Gasteiger partial charge in [0, 0.05) is 24.0 Å². The predicted octanol–water partition coefficient (Wildman–Crippen LogP) is 4.11. The van der Waals surface area contributed by atoms with Crippen molar-refractivity contribution < 1.29 is 18.7 Å². The van der Waals surface area contributed by atoms with Crippen LogP contribution in [0.5, 0.6) is 5.75 Å². The van der Waals surface area contributed by atoms with Gasteiger partial charge in [-0.15, -0.1) is 0 Å². The Morgan fingerprint density at radius 3 is 2.82 bits per heavy atom. The number of benzene rings is 1. The lowest BCUT2D eigenvalue weighted by molar-refractivity contribution is 0.0284. The van der Waals surface area contributed by atoms with Gasteiger partial charge in [0.2, 0.25) is 0 Å². The zero-order chi connectivity index (χ0) is 16.3. The molecule has 2 rings (SSSR count). The van der Waals surface area contributed by atoms with E-state index in [0.29, 0.717) is 24.7 Å². The third-order valence-corrected chi connectivity index (χ3v) is 3.54. The number of likely N-dealkylation sites (tertiary alicyclic amines) is 1. The van der Waals surface area contributed by atoms with Gasteiger partial charge in [0.1, 0.15) is 5.60 Å². The van der Waals surface area contributed by atoms with Crippen LogP contribution in [0, 0.1) is 11.7 Å². The Kier molecular flexibility index (Phi) is 5.16. The first-order valence-electron chi connectivity index (χ1n) is 7.30. The molecule has 1 aliphatic rings. The molecule has 1 amide bonds. The van der Waals surface area contributed by atoms with Gasteiger partial charge in [0.05, 0.1) is 6.61 Å². The van der Waals surface area contributed by atoms with Gasteiger partial charge in [-0.1, -0.05) is 11.6 Å². The van der Waals surface area contributed by atoms with Crippen LogP contribution in [0.25, 0.3) is 0 Å². The normalized spacial score (nSPS) is 18.4. The van der Waals surface area contributed by atoms with Gasteiger partial charge >= 0.3 is 6.09 Å². The highest BCUT2D eigenvalue weighted by atomic mass is 35.5. The molecule has 1 fully saturated rings. The maximum atomic E-state index is 13.6. The molecule has 122 valence electrons. The summed E-state index contributed by atoms with van der Waals surface area (Å²) in [4.78, 5) is 13.6. The first-order valence-corrected chi connectivity index (χ1v) is 7.68. The van der Waals surface area contributed by atoms with Gasteiger partial charge in [0.25, 0.3) is 0 Å². The van der Waals surface area contributed by atoms with E-state index >= 15 is 0 Å². The van der Waals surface area contributed by atoms with E-state index in [9.17, 15) is 9.18 Å². The number of carbonyl (C=O) groups excluding carboxylic acids is 1. The molecule has 6 heteroatoms. The average Bonchev–Trinajstić information content (AvgIpc) is 2.84. The Morgan fingerprint density at radius 1 is 1.45 bits per heavy atom. The number of carbonyl (C=O) groups is 1. The molecule has 0 bridgehead atoms. The van der Waals surface area contributed by atoms with Crippen molar-refractivity contribution in [3.05, 3.63) is 29.0 Å². The van der Waals surface area contributed by atoms with Crippen molar-refractivity contribution in [3.8, 4) is 5.75 Å². The van der Waals surface area contributed by atoms with Crippen LogP contribution in [0.15, 0.2) is 18.2 Å². The summed E-state index contributed by atoms with van der Waals surface area (Å²) >= 11 is 5.70. The van der Waals surface area contributed by atoms with Crippen molar-refractivity contribution in [1.82, 2.24) is 4.90 Å². The highest BCUT2D eigenvalue weighted by molar-refractivity contribution is 6.30. The maximum Gasteiger partial charge on any atom is 0.410 e. The second-order valence-electron chi connectivity index (χ2n) is 6.47. The smallest absolute Gasteiger partial charge is 0.410 e. The standard InChI is InChI=1S/C16H21ClFNO3/c1-16(2,3)22-15(20)19-7-6-11(9-19)10-21-14-5-4-12(17)8-13(14)18/h4-5,8,11H,6-7,9-10H2,1-3H3/t11-/m0/s1. The first-order chi connectivity index (χ1) is 10.2. The van der Waals surface area contributed by atoms with Crippen molar-refractivity contribution >= 4 is 17.7 Å². The first kappa shape index (κ1) is 16.9. The molecule has 0 aliphatic carbocycles. The van der Waals surface area contributed by atoms with Gasteiger partial charge in [-0.2, -0.15) is 0 Å². The summed E-state index contributed by atoms with van der Waals surface area (Å²) in [6.45, 7) is 7.06. The Bertz CT molecular complexity index is 545. The van der Waals surface area contributed by atoms with Crippen molar-refractivity contribution in [2.75, 3.05) is 19.7 Å². The highest BCUT2D eigenvalue weighted by Gasteiger charge is 2.30. The maximum absolute atomic E-state index is 13.6. The molecule has 1 aromatic carbocycles. The predicted molar refractivity (Wildman–Crippen MR) is 82.8 cm³/mol. The highest BCUT2D eigenvalue weighted by Crippen LogP contribution is 2.24. The molecular formula is C16H21ClFNO3. The summed E-state index contributed by atoms with van der Waals surface area (Å²) in [5.41, 5.74) is -0.502. The lowest BCUT2D eigenvalue weighted by atomic mass is 10.1. The summed E-state index contributed by atoms with van der Waals surface area (Å²) in [5, 5.41) is 0.335. The molecule has 0 N–H and O–H groups in total. The van der Waals surface area contributed by atoms with Crippen LogP contribution in [-0.2, 0) is 4.74 Å². The van der Waals surface area contributed by atoms with Crippen LogP contribution in [0.3, 0.4) is 0 Å². The topological polar surface area (TPSA) is 38.8 Å². The molecule has 1 aliphatic heterocycles. The molecule has 0 radical (unpaired) electrons. The minimum Gasteiger partial charge on any atom is -0.490 e. The zero-order valence-electron chi connectivity index (χ0n) is 13.1. The second kappa shape index (κ2) is 6.73. The fraction of sp³-hybridized carbons (Fsp3) is 0.562. The quantitative estimate of drug-likeness (QED) is 0.837. The number of rotatable bonds is 3. The molecule has 4 nitrogen and oxygen atoms in total. The van der Waals surface area contributed by atoms with Gasteiger partial charge in [-0.3, -0.25) is 0 Å². The summed E-state index contributed by atoms with van der Waals surface area (Å²) in [6.07, 6.45) is 0.502. The van der Waals surface area contributed by atoms with Gasteiger partial charge in [-0.25, -0.2) is 9.18 Å². The molecule has 1 atom stereocenters. The van der Waals surface area contributed by atoms with Crippen molar-refractivity contribution in [3.63, 3.8) is 0 Å². The summed E-state index contributed by atoms with van der Waals surface area (Å²) in [6, 6.07) is 4.32. The van der Waals surface area contributed by atoms with E-state index in [2.05, 4.69) is 0 Å². The monoisotopic (exact) mass is 329 g/mol. The molecule has 0 unspecified atom stereocenters. The van der Waals surface area contributed by atoms with Crippen LogP contribution in [-0.4, -0.2) is 36.3 Å². The number of ether oxygens (including phenoxy) is 2. The molecule has 22 heavy (non-hydrogen) atoms. The van der Waals surface area contributed by atoms with Gasteiger partial charge in [-0.05, 0) is 45.4 Å². The number of nitrogens with zero attached hydrogens (tertiary/aromatic N) is 1. The Balaban J connectivity index is 1.82. The minimum atomic E-state index is -0.502. The molecule has 1 heterocycles. The number of halogens is 2. The van der Waals surface area contributed by atoms with Crippen LogP contribution < -0.4 is 4.74 Å². The number of hydrogen-bond acceptors (Lipinski definition) is 3. The third-order valence-electron chi connectivity index (χ3n) is 3.31. The van der Waals surface area contributed by atoms with E-state index in [1.54, 1.807) is 11.0 Å². The fourth-order valence-corrected chi connectivity index (χ4v) is 2.42. The average molecular weight is 330 g/mol. The third kappa shape index (κ3) is 4.77. The van der Waals surface area contributed by atoms with Crippen molar-refractivity contribution in [2.24, 2.45) is 5.92 Å². The summed E-state index contributed by atoms with van der Waals surface area (Å²) in [7, 11) is 0.